The molecule has 1 fully saturated rings. The summed E-state index contributed by atoms with van der Waals surface area (Å²) in [4.78, 5) is 18.9. The number of piperidine rings is 1. The molecule has 1 unspecified atom stereocenters. The van der Waals surface area contributed by atoms with Crippen molar-refractivity contribution in [1.29, 1.82) is 0 Å². The van der Waals surface area contributed by atoms with Gasteiger partial charge in [-0.3, -0.25) is 9.78 Å². The molecule has 20 heavy (non-hydrogen) atoms. The summed E-state index contributed by atoms with van der Waals surface area (Å²) in [5.41, 5.74) is 1.83. The minimum Gasteiger partial charge on any atom is -0.309 e. The summed E-state index contributed by atoms with van der Waals surface area (Å²) < 4.78 is 0. The molecule has 4 heteroatoms. The van der Waals surface area contributed by atoms with E-state index in [1.165, 1.54) is 0 Å². The van der Waals surface area contributed by atoms with E-state index in [-0.39, 0.29) is 11.9 Å². The van der Waals surface area contributed by atoms with Crippen molar-refractivity contribution in [3.8, 4) is 0 Å². The molecule has 1 aromatic heterocycles. The fraction of sp³-hybridized carbons (Fsp3) is 0.375. The fourth-order valence-electron chi connectivity index (χ4n) is 2.86. The minimum atomic E-state index is -0.0623. The molecule has 2 aromatic rings. The number of nitrogens with zero attached hydrogens (tertiary/aromatic N) is 2. The lowest BCUT2D eigenvalue weighted by atomic mass is 10.0. The summed E-state index contributed by atoms with van der Waals surface area (Å²) in [7, 11) is 0. The van der Waals surface area contributed by atoms with Gasteiger partial charge in [0.15, 0.2) is 0 Å². The van der Waals surface area contributed by atoms with Crippen LogP contribution in [0.5, 0.6) is 0 Å². The van der Waals surface area contributed by atoms with Crippen LogP contribution in [-0.2, 0) is 4.79 Å². The largest absolute Gasteiger partial charge is 0.309 e. The Morgan fingerprint density at radius 1 is 1.35 bits per heavy atom. The highest BCUT2D eigenvalue weighted by Gasteiger charge is 2.29. The standard InChI is InChI=1S/C16H19N3O/c1-2-17-13-8-5-11-19(16(13)20)14-9-3-6-12-7-4-10-18-15(12)14/h3-4,6-7,9-10,13,17H,2,5,8,11H2,1H3. The van der Waals surface area contributed by atoms with Crippen molar-refractivity contribution in [2.75, 3.05) is 18.0 Å². The van der Waals surface area contributed by atoms with Crippen LogP contribution in [0, 0.1) is 0 Å². The first-order chi connectivity index (χ1) is 9.81. The second kappa shape index (κ2) is 5.59. The molecule has 1 aliphatic rings. The van der Waals surface area contributed by atoms with Crippen LogP contribution >= 0.6 is 0 Å². The first-order valence-corrected chi connectivity index (χ1v) is 7.19. The number of fused-ring (bicyclic) bond motifs is 1. The number of benzene rings is 1. The predicted octanol–water partition coefficient (Wildman–Crippen LogP) is 2.34. The van der Waals surface area contributed by atoms with Gasteiger partial charge in [-0.15, -0.1) is 0 Å². The molecule has 0 bridgehead atoms. The Hall–Kier alpha value is -1.94. The maximum atomic E-state index is 12.6. The topological polar surface area (TPSA) is 45.2 Å². The Labute approximate surface area is 118 Å². The number of carbonyl (C=O) groups excluding carboxylic acids is 1. The van der Waals surface area contributed by atoms with E-state index in [2.05, 4.69) is 10.3 Å². The molecule has 1 aliphatic heterocycles. The van der Waals surface area contributed by atoms with Gasteiger partial charge in [0.05, 0.1) is 17.2 Å². The normalized spacial score (nSPS) is 19.6. The lowest BCUT2D eigenvalue weighted by Gasteiger charge is -2.33. The van der Waals surface area contributed by atoms with Crippen molar-refractivity contribution in [2.45, 2.75) is 25.8 Å². The first-order valence-electron chi connectivity index (χ1n) is 7.19. The van der Waals surface area contributed by atoms with Gasteiger partial charge in [-0.25, -0.2) is 0 Å². The van der Waals surface area contributed by atoms with Crippen LogP contribution in [0.2, 0.25) is 0 Å². The number of pyridine rings is 1. The van der Waals surface area contributed by atoms with Crippen molar-refractivity contribution in [2.24, 2.45) is 0 Å². The zero-order chi connectivity index (χ0) is 13.9. The average molecular weight is 269 g/mol. The number of carbonyl (C=O) groups is 1. The minimum absolute atomic E-state index is 0.0623. The van der Waals surface area contributed by atoms with E-state index < -0.39 is 0 Å². The van der Waals surface area contributed by atoms with Crippen molar-refractivity contribution >= 4 is 22.5 Å². The van der Waals surface area contributed by atoms with E-state index in [1.54, 1.807) is 6.20 Å². The zero-order valence-corrected chi connectivity index (χ0v) is 11.7. The molecule has 1 amide bonds. The van der Waals surface area contributed by atoms with Gasteiger partial charge in [0, 0.05) is 18.1 Å². The summed E-state index contributed by atoms with van der Waals surface area (Å²) in [6, 6.07) is 9.90. The summed E-state index contributed by atoms with van der Waals surface area (Å²) in [5, 5.41) is 4.34. The number of anilines is 1. The summed E-state index contributed by atoms with van der Waals surface area (Å²) in [6.45, 7) is 3.63. The summed E-state index contributed by atoms with van der Waals surface area (Å²) in [5.74, 6) is 0.163. The third kappa shape index (κ3) is 2.27. The lowest BCUT2D eigenvalue weighted by molar-refractivity contribution is -0.121. The fourth-order valence-corrected chi connectivity index (χ4v) is 2.86. The third-order valence-corrected chi connectivity index (χ3v) is 3.79. The lowest BCUT2D eigenvalue weighted by Crippen LogP contribution is -2.50. The molecule has 2 heterocycles. The van der Waals surface area contributed by atoms with Crippen LogP contribution in [0.3, 0.4) is 0 Å². The third-order valence-electron chi connectivity index (χ3n) is 3.79. The van der Waals surface area contributed by atoms with Gasteiger partial charge < -0.3 is 10.2 Å². The number of hydrogen-bond donors (Lipinski definition) is 1. The van der Waals surface area contributed by atoms with E-state index in [0.29, 0.717) is 0 Å². The van der Waals surface area contributed by atoms with E-state index in [1.807, 2.05) is 42.2 Å². The molecule has 4 nitrogen and oxygen atoms in total. The zero-order valence-electron chi connectivity index (χ0n) is 11.7. The van der Waals surface area contributed by atoms with Crippen LogP contribution in [0.25, 0.3) is 10.9 Å². The van der Waals surface area contributed by atoms with Crippen LogP contribution < -0.4 is 10.2 Å². The van der Waals surface area contributed by atoms with Crippen molar-refractivity contribution < 1.29 is 4.79 Å². The van der Waals surface area contributed by atoms with Crippen LogP contribution in [-0.4, -0.2) is 30.0 Å². The Morgan fingerprint density at radius 2 is 2.20 bits per heavy atom. The van der Waals surface area contributed by atoms with Gasteiger partial charge in [0.2, 0.25) is 5.91 Å². The maximum absolute atomic E-state index is 12.6. The highest BCUT2D eigenvalue weighted by molar-refractivity contribution is 6.04. The van der Waals surface area contributed by atoms with Crippen LogP contribution in [0.4, 0.5) is 5.69 Å². The quantitative estimate of drug-likeness (QED) is 0.930. The van der Waals surface area contributed by atoms with Crippen LogP contribution in [0.1, 0.15) is 19.8 Å². The molecule has 0 saturated carbocycles. The molecule has 3 rings (SSSR count). The van der Waals surface area contributed by atoms with E-state index >= 15 is 0 Å². The number of nitrogens with one attached hydrogen (secondary N) is 1. The molecule has 0 aliphatic carbocycles. The van der Waals surface area contributed by atoms with Crippen molar-refractivity contribution in [1.82, 2.24) is 10.3 Å². The molecule has 0 radical (unpaired) electrons. The molecule has 1 saturated heterocycles. The number of para-hydroxylation sites is 1. The first kappa shape index (κ1) is 13.1. The Balaban J connectivity index is 2.00. The van der Waals surface area contributed by atoms with Gasteiger partial charge in [0.1, 0.15) is 0 Å². The molecule has 104 valence electrons. The predicted molar refractivity (Wildman–Crippen MR) is 80.8 cm³/mol. The second-order valence-corrected chi connectivity index (χ2v) is 5.09. The molecule has 1 atom stereocenters. The monoisotopic (exact) mass is 269 g/mol. The molecule has 1 N–H and O–H groups in total. The summed E-state index contributed by atoms with van der Waals surface area (Å²) >= 11 is 0. The van der Waals surface area contributed by atoms with Gasteiger partial charge in [-0.1, -0.05) is 25.1 Å². The van der Waals surface area contributed by atoms with Crippen LogP contribution in [0.15, 0.2) is 36.5 Å². The number of aromatic nitrogens is 1. The molecular formula is C16H19N3O. The Kier molecular flexibility index (Phi) is 3.65. The molecular weight excluding hydrogens is 250 g/mol. The van der Waals surface area contributed by atoms with Gasteiger partial charge in [-0.2, -0.15) is 0 Å². The van der Waals surface area contributed by atoms with Crippen molar-refractivity contribution in [3.05, 3.63) is 36.5 Å². The average Bonchev–Trinajstić information content (AvgIpc) is 2.49. The molecule has 1 aromatic carbocycles. The number of hydrogen-bond acceptors (Lipinski definition) is 3. The second-order valence-electron chi connectivity index (χ2n) is 5.09. The van der Waals surface area contributed by atoms with E-state index in [9.17, 15) is 4.79 Å². The Morgan fingerprint density at radius 3 is 3.05 bits per heavy atom. The summed E-state index contributed by atoms with van der Waals surface area (Å²) in [6.07, 6.45) is 3.72. The Bertz CT molecular complexity index is 619. The van der Waals surface area contributed by atoms with Gasteiger partial charge >= 0.3 is 0 Å². The highest BCUT2D eigenvalue weighted by Crippen LogP contribution is 2.27. The molecule has 0 spiro atoms. The smallest absolute Gasteiger partial charge is 0.244 e. The van der Waals surface area contributed by atoms with E-state index in [4.69, 9.17) is 0 Å². The van der Waals surface area contributed by atoms with Gasteiger partial charge in [0.25, 0.3) is 0 Å². The van der Waals surface area contributed by atoms with Crippen molar-refractivity contribution in [3.63, 3.8) is 0 Å². The number of rotatable bonds is 3. The SMILES string of the molecule is CCNC1CCCN(c2cccc3cccnc23)C1=O. The maximum Gasteiger partial charge on any atom is 0.244 e. The number of likely N-dealkylation sites (N-methyl/N-ethyl adjacent to an activating group) is 1. The van der Waals surface area contributed by atoms with Gasteiger partial charge in [-0.05, 0) is 31.5 Å². The van der Waals surface area contributed by atoms with E-state index in [0.717, 1.165) is 42.5 Å². The highest BCUT2D eigenvalue weighted by atomic mass is 16.2. The number of amides is 1.